The fraction of sp³-hybridized carbons (Fsp3) is 0.350. The standard InChI is InChI=1S/C20H18FN3O2/c1-10-2-7-13(8-15(10)21)22-19(25)14-9-16(11-3-4-11)23-20-17(14)18(24-26-20)12-5-6-12/h2,7-9,11-12H,3-6H2,1H3,(H,22,25). The van der Waals surface area contributed by atoms with Crippen LogP contribution in [0.2, 0.25) is 0 Å². The number of pyridine rings is 1. The maximum atomic E-state index is 13.8. The van der Waals surface area contributed by atoms with Gasteiger partial charge in [0.25, 0.3) is 11.6 Å². The summed E-state index contributed by atoms with van der Waals surface area (Å²) < 4.78 is 19.2. The van der Waals surface area contributed by atoms with Crippen molar-refractivity contribution in [2.75, 3.05) is 5.32 Å². The molecular weight excluding hydrogens is 333 g/mol. The molecule has 1 aromatic carbocycles. The number of aryl methyl sites for hydroxylation is 1. The summed E-state index contributed by atoms with van der Waals surface area (Å²) in [4.78, 5) is 17.6. The molecule has 2 aliphatic rings. The first-order valence-corrected chi connectivity index (χ1v) is 8.98. The molecule has 1 N–H and O–H groups in total. The molecule has 0 bridgehead atoms. The van der Waals surface area contributed by atoms with Crippen LogP contribution >= 0.6 is 0 Å². The van der Waals surface area contributed by atoms with Crippen LogP contribution in [-0.4, -0.2) is 16.0 Å². The van der Waals surface area contributed by atoms with Gasteiger partial charge in [-0.3, -0.25) is 4.79 Å². The molecule has 0 saturated heterocycles. The first kappa shape index (κ1) is 15.5. The SMILES string of the molecule is Cc1ccc(NC(=O)c2cc(C3CC3)nc3onc(C4CC4)c23)cc1F. The predicted molar refractivity (Wildman–Crippen MR) is 94.8 cm³/mol. The lowest BCUT2D eigenvalue weighted by molar-refractivity contribution is 0.102. The minimum atomic E-state index is -0.343. The number of rotatable bonds is 4. The van der Waals surface area contributed by atoms with Gasteiger partial charge in [-0.25, -0.2) is 9.37 Å². The summed E-state index contributed by atoms with van der Waals surface area (Å²) in [5.74, 6) is 0.100. The van der Waals surface area contributed by atoms with E-state index < -0.39 is 0 Å². The smallest absolute Gasteiger partial charge is 0.259 e. The van der Waals surface area contributed by atoms with Gasteiger partial charge in [-0.2, -0.15) is 0 Å². The number of nitrogens with one attached hydrogen (secondary N) is 1. The van der Waals surface area contributed by atoms with Gasteiger partial charge >= 0.3 is 0 Å². The fourth-order valence-corrected chi connectivity index (χ4v) is 3.26. The Kier molecular flexibility index (Phi) is 3.35. The summed E-state index contributed by atoms with van der Waals surface area (Å²) in [5.41, 5.74) is 3.60. The molecule has 1 amide bonds. The Balaban J connectivity index is 1.58. The van der Waals surface area contributed by atoms with E-state index in [1.165, 1.54) is 6.07 Å². The quantitative estimate of drug-likeness (QED) is 0.741. The summed E-state index contributed by atoms with van der Waals surface area (Å²) >= 11 is 0. The number of hydrogen-bond donors (Lipinski definition) is 1. The number of hydrogen-bond acceptors (Lipinski definition) is 4. The number of amides is 1. The second-order valence-corrected chi connectivity index (χ2v) is 7.31. The van der Waals surface area contributed by atoms with Crippen LogP contribution in [0.25, 0.3) is 11.1 Å². The highest BCUT2D eigenvalue weighted by Gasteiger charge is 2.34. The van der Waals surface area contributed by atoms with Crippen molar-refractivity contribution in [3.05, 3.63) is 52.6 Å². The normalized spacial score (nSPS) is 16.8. The van der Waals surface area contributed by atoms with Gasteiger partial charge in [0, 0.05) is 23.2 Å². The van der Waals surface area contributed by atoms with E-state index in [4.69, 9.17) is 4.52 Å². The van der Waals surface area contributed by atoms with Gasteiger partial charge in [-0.15, -0.1) is 0 Å². The zero-order chi connectivity index (χ0) is 17.8. The molecule has 2 aromatic heterocycles. The molecule has 0 unspecified atom stereocenters. The molecule has 0 spiro atoms. The molecule has 0 radical (unpaired) electrons. The van der Waals surface area contributed by atoms with Gasteiger partial charge in [0.05, 0.1) is 16.6 Å². The Hall–Kier alpha value is -2.76. The van der Waals surface area contributed by atoms with Gasteiger partial charge in [0.2, 0.25) is 0 Å². The highest BCUT2D eigenvalue weighted by molar-refractivity contribution is 6.12. The number of aromatic nitrogens is 2. The molecule has 5 rings (SSSR count). The number of benzene rings is 1. The van der Waals surface area contributed by atoms with E-state index in [0.717, 1.165) is 37.1 Å². The Morgan fingerprint density at radius 3 is 2.65 bits per heavy atom. The number of carbonyl (C=O) groups excluding carboxylic acids is 1. The number of nitrogens with zero attached hydrogens (tertiary/aromatic N) is 2. The molecule has 2 saturated carbocycles. The van der Waals surface area contributed by atoms with E-state index in [0.29, 0.717) is 39.7 Å². The number of fused-ring (bicyclic) bond motifs is 1. The maximum Gasteiger partial charge on any atom is 0.259 e. The average Bonchev–Trinajstić information content (AvgIpc) is 3.54. The topological polar surface area (TPSA) is 68.0 Å². The summed E-state index contributed by atoms with van der Waals surface area (Å²) in [6, 6.07) is 6.54. The van der Waals surface area contributed by atoms with E-state index in [1.807, 2.05) is 6.07 Å². The third-order valence-corrected chi connectivity index (χ3v) is 5.13. The van der Waals surface area contributed by atoms with E-state index >= 15 is 0 Å². The fourth-order valence-electron chi connectivity index (χ4n) is 3.26. The van der Waals surface area contributed by atoms with Crippen molar-refractivity contribution in [3.8, 4) is 0 Å². The van der Waals surface area contributed by atoms with Crippen LogP contribution in [0.3, 0.4) is 0 Å². The molecule has 2 aliphatic carbocycles. The van der Waals surface area contributed by atoms with E-state index in [9.17, 15) is 9.18 Å². The van der Waals surface area contributed by atoms with Crippen LogP contribution in [0.5, 0.6) is 0 Å². The molecule has 2 fully saturated rings. The summed E-state index contributed by atoms with van der Waals surface area (Å²) in [6.07, 6.45) is 4.26. The largest absolute Gasteiger partial charge is 0.335 e. The Labute approximate surface area is 149 Å². The second kappa shape index (κ2) is 5.62. The Bertz CT molecular complexity index is 1030. The van der Waals surface area contributed by atoms with Gasteiger partial charge in [-0.1, -0.05) is 11.2 Å². The van der Waals surface area contributed by atoms with Gasteiger partial charge in [-0.05, 0) is 56.4 Å². The summed E-state index contributed by atoms with van der Waals surface area (Å²) in [6.45, 7) is 1.69. The minimum absolute atomic E-state index is 0.285. The third-order valence-electron chi connectivity index (χ3n) is 5.13. The van der Waals surface area contributed by atoms with E-state index in [1.54, 1.807) is 19.1 Å². The van der Waals surface area contributed by atoms with Crippen molar-refractivity contribution < 1.29 is 13.7 Å². The van der Waals surface area contributed by atoms with Crippen molar-refractivity contribution in [3.63, 3.8) is 0 Å². The summed E-state index contributed by atoms with van der Waals surface area (Å²) in [5, 5.41) is 7.68. The van der Waals surface area contributed by atoms with Crippen molar-refractivity contribution in [1.82, 2.24) is 10.1 Å². The summed E-state index contributed by atoms with van der Waals surface area (Å²) in [7, 11) is 0. The zero-order valence-corrected chi connectivity index (χ0v) is 14.4. The lowest BCUT2D eigenvalue weighted by atomic mass is 10.0. The highest BCUT2D eigenvalue weighted by atomic mass is 19.1. The van der Waals surface area contributed by atoms with E-state index in [-0.39, 0.29) is 11.7 Å². The molecule has 132 valence electrons. The van der Waals surface area contributed by atoms with Crippen molar-refractivity contribution in [1.29, 1.82) is 0 Å². The predicted octanol–water partition coefficient (Wildman–Crippen LogP) is 4.68. The van der Waals surface area contributed by atoms with Crippen molar-refractivity contribution >= 4 is 22.7 Å². The lowest BCUT2D eigenvalue weighted by Crippen LogP contribution is -2.14. The third kappa shape index (κ3) is 2.66. The average molecular weight is 351 g/mol. The number of anilines is 1. The molecule has 2 heterocycles. The van der Waals surface area contributed by atoms with Crippen LogP contribution in [0.15, 0.2) is 28.8 Å². The van der Waals surface area contributed by atoms with Gasteiger partial charge in [0.1, 0.15) is 5.82 Å². The molecule has 0 atom stereocenters. The van der Waals surface area contributed by atoms with Crippen LogP contribution in [0.4, 0.5) is 10.1 Å². The van der Waals surface area contributed by atoms with Gasteiger partial charge in [0.15, 0.2) is 0 Å². The first-order valence-electron chi connectivity index (χ1n) is 8.98. The zero-order valence-electron chi connectivity index (χ0n) is 14.4. The molecule has 3 aromatic rings. The Morgan fingerprint density at radius 2 is 1.96 bits per heavy atom. The lowest BCUT2D eigenvalue weighted by Gasteiger charge is -2.09. The molecule has 5 nitrogen and oxygen atoms in total. The van der Waals surface area contributed by atoms with Crippen LogP contribution in [-0.2, 0) is 0 Å². The first-order chi connectivity index (χ1) is 12.6. The monoisotopic (exact) mass is 351 g/mol. The Morgan fingerprint density at radius 1 is 1.19 bits per heavy atom. The second-order valence-electron chi connectivity index (χ2n) is 7.31. The van der Waals surface area contributed by atoms with Crippen LogP contribution in [0, 0.1) is 12.7 Å². The van der Waals surface area contributed by atoms with Crippen LogP contribution in [0.1, 0.15) is 64.8 Å². The molecule has 6 heteroatoms. The maximum absolute atomic E-state index is 13.8. The van der Waals surface area contributed by atoms with E-state index in [2.05, 4.69) is 15.5 Å². The van der Waals surface area contributed by atoms with Gasteiger partial charge < -0.3 is 9.84 Å². The van der Waals surface area contributed by atoms with Crippen molar-refractivity contribution in [2.45, 2.75) is 44.4 Å². The highest BCUT2D eigenvalue weighted by Crippen LogP contribution is 2.45. The number of halogens is 1. The number of carbonyl (C=O) groups is 1. The molecule has 26 heavy (non-hydrogen) atoms. The van der Waals surface area contributed by atoms with Crippen LogP contribution < -0.4 is 5.32 Å². The minimum Gasteiger partial charge on any atom is -0.335 e. The molecular formula is C20H18FN3O2. The molecule has 0 aliphatic heterocycles. The van der Waals surface area contributed by atoms with Crippen molar-refractivity contribution in [2.24, 2.45) is 0 Å².